The lowest BCUT2D eigenvalue weighted by Crippen LogP contribution is -1.95. The zero-order valence-electron chi connectivity index (χ0n) is 38.6. The Kier molecular flexibility index (Phi) is 17.1. The van der Waals surface area contributed by atoms with Crippen LogP contribution in [0.3, 0.4) is 0 Å². The van der Waals surface area contributed by atoms with E-state index in [2.05, 4.69) is 173 Å². The number of thiophene rings is 4. The second kappa shape index (κ2) is 23.9. The third kappa shape index (κ3) is 12.1. The second-order valence-corrected chi connectivity index (χ2v) is 20.6. The molecule has 4 aromatic carbocycles. The summed E-state index contributed by atoms with van der Waals surface area (Å²) in [5, 5.41) is 0. The predicted molar refractivity (Wildman–Crippen MR) is 286 cm³/mol. The Morgan fingerprint density at radius 1 is 0.288 bits per heavy atom. The zero-order valence-corrected chi connectivity index (χ0v) is 41.9. The van der Waals surface area contributed by atoms with Crippen molar-refractivity contribution in [2.75, 3.05) is 26.4 Å². The van der Waals surface area contributed by atoms with Crippen molar-refractivity contribution in [2.45, 2.75) is 79.1 Å². The lowest BCUT2D eigenvalue weighted by Gasteiger charge is -2.12. The predicted octanol–water partition coefficient (Wildman–Crippen LogP) is 18.3. The fourth-order valence-corrected chi connectivity index (χ4v) is 11.9. The first-order valence-corrected chi connectivity index (χ1v) is 26.9. The third-order valence-electron chi connectivity index (χ3n) is 11.3. The minimum Gasteiger partial charge on any atom is -0.494 e. The molecule has 0 aliphatic rings. The van der Waals surface area contributed by atoms with E-state index in [0.717, 1.165) is 101 Å². The monoisotopic (exact) mass is 948 g/mol. The molecular weight excluding hydrogens is 889 g/mol. The van der Waals surface area contributed by atoms with E-state index < -0.39 is 0 Å². The topological polar surface area (TPSA) is 36.9 Å². The van der Waals surface area contributed by atoms with E-state index in [-0.39, 0.29) is 0 Å². The molecule has 66 heavy (non-hydrogen) atoms. The molecule has 8 rings (SSSR count). The number of rotatable bonds is 24. The van der Waals surface area contributed by atoms with Gasteiger partial charge >= 0.3 is 0 Å². The van der Waals surface area contributed by atoms with Crippen molar-refractivity contribution in [1.82, 2.24) is 0 Å². The van der Waals surface area contributed by atoms with Gasteiger partial charge in [-0.05, 0) is 194 Å². The fourth-order valence-electron chi connectivity index (χ4n) is 7.44. The van der Waals surface area contributed by atoms with Gasteiger partial charge in [-0.2, -0.15) is 0 Å². The average Bonchev–Trinajstić information content (AvgIpc) is 4.21. The van der Waals surface area contributed by atoms with Crippen LogP contribution in [0.1, 0.15) is 98.6 Å². The zero-order chi connectivity index (χ0) is 45.5. The first-order chi connectivity index (χ1) is 32.5. The molecule has 0 amide bonds. The van der Waals surface area contributed by atoms with Gasteiger partial charge in [0.2, 0.25) is 0 Å². The number of hydrogen-bond acceptors (Lipinski definition) is 8. The molecule has 0 atom stereocenters. The van der Waals surface area contributed by atoms with Crippen molar-refractivity contribution < 1.29 is 18.9 Å². The van der Waals surface area contributed by atoms with E-state index in [4.69, 9.17) is 18.9 Å². The molecule has 0 saturated carbocycles. The Hall–Kier alpha value is -5.38. The molecule has 4 heterocycles. The van der Waals surface area contributed by atoms with Gasteiger partial charge in [-0.25, -0.2) is 0 Å². The normalized spacial score (nSPS) is 11.2. The summed E-state index contributed by atoms with van der Waals surface area (Å²) in [5.41, 5.74) is 7.21. The van der Waals surface area contributed by atoms with Crippen LogP contribution in [-0.4, -0.2) is 26.4 Å². The number of ether oxygens (including phenoxy) is 4. The highest BCUT2D eigenvalue weighted by atomic mass is 32.1. The van der Waals surface area contributed by atoms with Gasteiger partial charge < -0.3 is 18.9 Å². The molecule has 0 N–H and O–H groups in total. The molecular formula is C58H60O4S4. The van der Waals surface area contributed by atoms with Crippen LogP contribution >= 0.6 is 45.3 Å². The summed E-state index contributed by atoms with van der Waals surface area (Å²) < 4.78 is 24.1. The summed E-state index contributed by atoms with van der Waals surface area (Å²) in [6.45, 7) is 11.7. The molecule has 340 valence electrons. The van der Waals surface area contributed by atoms with Crippen LogP contribution < -0.4 is 18.9 Å². The maximum absolute atomic E-state index is 6.03. The number of unbranched alkanes of at least 4 members (excludes halogenated alkanes) is 4. The van der Waals surface area contributed by atoms with Crippen molar-refractivity contribution in [1.29, 1.82) is 0 Å². The highest BCUT2D eigenvalue weighted by Gasteiger charge is 2.23. The van der Waals surface area contributed by atoms with Crippen LogP contribution in [0.15, 0.2) is 146 Å². The lowest BCUT2D eigenvalue weighted by atomic mass is 10.0. The van der Waals surface area contributed by atoms with Crippen LogP contribution in [0, 0.1) is 0 Å². The molecule has 8 heteroatoms. The largest absolute Gasteiger partial charge is 0.494 e. The van der Waals surface area contributed by atoms with Crippen molar-refractivity contribution in [3.05, 3.63) is 165 Å². The minimum absolute atomic E-state index is 0.738. The summed E-state index contributed by atoms with van der Waals surface area (Å²) >= 11 is 7.40. The molecule has 0 aliphatic carbocycles. The Balaban J connectivity index is 1.24. The molecule has 0 bridgehead atoms. The van der Waals surface area contributed by atoms with Crippen LogP contribution in [0.2, 0.25) is 0 Å². The van der Waals surface area contributed by atoms with Crippen molar-refractivity contribution >= 4 is 56.5 Å². The van der Waals surface area contributed by atoms with Gasteiger partial charge in [0.1, 0.15) is 23.0 Å². The summed E-state index contributed by atoms with van der Waals surface area (Å²) in [4.78, 5) is 9.79. The van der Waals surface area contributed by atoms with Gasteiger partial charge in [-0.3, -0.25) is 0 Å². The van der Waals surface area contributed by atoms with E-state index in [1.807, 2.05) is 45.3 Å². The van der Waals surface area contributed by atoms with Gasteiger partial charge in [-0.1, -0.05) is 53.4 Å². The van der Waals surface area contributed by atoms with E-state index in [1.165, 1.54) is 72.4 Å². The highest BCUT2D eigenvalue weighted by molar-refractivity contribution is 7.21. The van der Waals surface area contributed by atoms with Gasteiger partial charge in [0, 0.05) is 50.2 Å². The quantitative estimate of drug-likeness (QED) is 0.0566. The SMILES string of the molecule is CCCCOc1ccc(-c2ccc(C(=C(c3ccc(-c4ccc(OCCCC)cc4)s3)c3ccc(-c4ccc(OCCCC)cc4)s3)c3ccc(-c4ccc(OCCCC)cc4)s3)s2)cc1. The number of hydrogen-bond donors (Lipinski definition) is 0. The average molecular weight is 949 g/mol. The molecule has 0 spiro atoms. The molecule has 0 radical (unpaired) electrons. The van der Waals surface area contributed by atoms with Gasteiger partial charge in [0.25, 0.3) is 0 Å². The van der Waals surface area contributed by atoms with Crippen LogP contribution in [-0.2, 0) is 0 Å². The Bertz CT molecular complexity index is 2350. The van der Waals surface area contributed by atoms with Crippen molar-refractivity contribution in [2.24, 2.45) is 0 Å². The van der Waals surface area contributed by atoms with E-state index in [1.54, 1.807) is 0 Å². The van der Waals surface area contributed by atoms with E-state index in [9.17, 15) is 0 Å². The molecule has 0 unspecified atom stereocenters. The first-order valence-electron chi connectivity index (χ1n) is 23.6. The maximum atomic E-state index is 6.03. The summed E-state index contributed by atoms with van der Waals surface area (Å²) in [7, 11) is 0. The molecule has 4 aromatic heterocycles. The maximum Gasteiger partial charge on any atom is 0.119 e. The molecule has 0 aliphatic heterocycles. The Morgan fingerprint density at radius 2 is 0.500 bits per heavy atom. The van der Waals surface area contributed by atoms with Crippen molar-refractivity contribution in [3.8, 4) is 64.8 Å². The highest BCUT2D eigenvalue weighted by Crippen LogP contribution is 2.49. The van der Waals surface area contributed by atoms with Gasteiger partial charge in [-0.15, -0.1) is 45.3 Å². The summed E-state index contributed by atoms with van der Waals surface area (Å²) in [6, 6.07) is 52.8. The van der Waals surface area contributed by atoms with Crippen LogP contribution in [0.5, 0.6) is 23.0 Å². The lowest BCUT2D eigenvalue weighted by molar-refractivity contribution is 0.309. The smallest absolute Gasteiger partial charge is 0.119 e. The van der Waals surface area contributed by atoms with Gasteiger partial charge in [0.05, 0.1) is 26.4 Å². The van der Waals surface area contributed by atoms with Crippen LogP contribution in [0.4, 0.5) is 0 Å². The number of benzene rings is 4. The standard InChI is InChI=1S/C58H60O4S4/c1-5-9-37-59-45-21-13-41(14-22-45)49-29-33-53(63-49)57(54-34-30-50(64-54)42-15-23-46(24-16-42)60-38-10-6-2)58(55-35-31-51(65-55)43-17-25-47(26-18-43)61-39-11-7-3)56-36-32-52(66-56)44-19-27-48(28-20-44)62-40-12-8-4/h13-36H,5-12,37-40H2,1-4H3. The third-order valence-corrected chi connectivity index (χ3v) is 15.9. The molecule has 8 aromatic rings. The van der Waals surface area contributed by atoms with Crippen LogP contribution in [0.25, 0.3) is 52.9 Å². The summed E-state index contributed by atoms with van der Waals surface area (Å²) in [6.07, 6.45) is 8.66. The molecule has 0 fully saturated rings. The summed E-state index contributed by atoms with van der Waals surface area (Å²) in [5.74, 6) is 3.66. The van der Waals surface area contributed by atoms with E-state index in [0.29, 0.717) is 0 Å². The Morgan fingerprint density at radius 3 is 0.697 bits per heavy atom. The van der Waals surface area contributed by atoms with Gasteiger partial charge in [0.15, 0.2) is 0 Å². The minimum atomic E-state index is 0.738. The Labute approximate surface area is 408 Å². The first kappa shape index (κ1) is 47.1. The van der Waals surface area contributed by atoms with E-state index >= 15 is 0 Å². The second-order valence-electron chi connectivity index (χ2n) is 16.3. The fraction of sp³-hybridized carbons (Fsp3) is 0.276. The molecule has 4 nitrogen and oxygen atoms in total. The van der Waals surface area contributed by atoms with Crippen molar-refractivity contribution in [3.63, 3.8) is 0 Å². The molecule has 0 saturated heterocycles.